The molecule has 0 aliphatic heterocycles. The molecule has 6 nitrogen and oxygen atoms in total. The number of rotatable bonds is 4. The number of aryl methyl sites for hydroxylation is 1. The number of pyridine rings is 2. The van der Waals surface area contributed by atoms with Crippen LogP contribution < -0.4 is 10.7 Å². The lowest BCUT2D eigenvalue weighted by Crippen LogP contribution is -2.13. The molecule has 4 aromatic rings. The van der Waals surface area contributed by atoms with Crippen LogP contribution in [0.15, 0.2) is 64.2 Å². The molecule has 0 saturated carbocycles. The van der Waals surface area contributed by atoms with Gasteiger partial charge < -0.3 is 9.73 Å². The van der Waals surface area contributed by atoms with E-state index in [1.165, 1.54) is 0 Å². The zero-order valence-electron chi connectivity index (χ0n) is 16.9. The summed E-state index contributed by atoms with van der Waals surface area (Å²) in [5.74, 6) is 0.511. The lowest BCUT2D eigenvalue weighted by atomic mass is 9.99. The van der Waals surface area contributed by atoms with Gasteiger partial charge in [-0.1, -0.05) is 6.07 Å². The molecule has 0 bridgehead atoms. The molecule has 148 valence electrons. The first kappa shape index (κ1) is 19.3. The Balaban J connectivity index is 1.90. The Morgan fingerprint density at radius 3 is 2.70 bits per heavy atom. The maximum absolute atomic E-state index is 13.2. The molecule has 6 heteroatoms. The van der Waals surface area contributed by atoms with Crippen LogP contribution in [0.2, 0.25) is 0 Å². The van der Waals surface area contributed by atoms with Gasteiger partial charge in [0, 0.05) is 35.3 Å². The van der Waals surface area contributed by atoms with E-state index in [9.17, 15) is 10.1 Å². The molecule has 4 rings (SSSR count). The van der Waals surface area contributed by atoms with E-state index in [0.717, 1.165) is 16.7 Å². The SMILES string of the molecule is Cc1cc([C@@H](C)Nc2cccnc2C#N)c2oc(-c3cccnc3)c(C)c(=O)c2c1. The number of benzene rings is 1. The second-order valence-electron chi connectivity index (χ2n) is 7.24. The molecule has 0 saturated heterocycles. The zero-order valence-corrected chi connectivity index (χ0v) is 16.9. The Kier molecular flexibility index (Phi) is 5.03. The predicted molar refractivity (Wildman–Crippen MR) is 116 cm³/mol. The monoisotopic (exact) mass is 396 g/mol. The largest absolute Gasteiger partial charge is 0.455 e. The van der Waals surface area contributed by atoms with Crippen LogP contribution in [0.5, 0.6) is 0 Å². The van der Waals surface area contributed by atoms with E-state index >= 15 is 0 Å². The Morgan fingerprint density at radius 1 is 1.17 bits per heavy atom. The van der Waals surface area contributed by atoms with Crippen molar-refractivity contribution in [2.45, 2.75) is 26.8 Å². The second-order valence-corrected chi connectivity index (χ2v) is 7.24. The third-order valence-corrected chi connectivity index (χ3v) is 5.07. The normalized spacial score (nSPS) is 11.8. The summed E-state index contributed by atoms with van der Waals surface area (Å²) in [6.45, 7) is 5.68. The van der Waals surface area contributed by atoms with E-state index in [2.05, 4.69) is 21.4 Å². The third-order valence-electron chi connectivity index (χ3n) is 5.07. The Bertz CT molecular complexity index is 1340. The Hall–Kier alpha value is -3.98. The molecule has 0 amide bonds. The minimum Gasteiger partial charge on any atom is -0.455 e. The van der Waals surface area contributed by atoms with Crippen molar-refractivity contribution in [3.05, 3.63) is 87.6 Å². The summed E-state index contributed by atoms with van der Waals surface area (Å²) in [6, 6.07) is 13.0. The summed E-state index contributed by atoms with van der Waals surface area (Å²) < 4.78 is 6.30. The number of hydrogen-bond donors (Lipinski definition) is 1. The molecule has 1 atom stereocenters. The molecule has 3 heterocycles. The fraction of sp³-hybridized carbons (Fsp3) is 0.167. The van der Waals surface area contributed by atoms with Gasteiger partial charge in [0.1, 0.15) is 17.4 Å². The van der Waals surface area contributed by atoms with Crippen LogP contribution in [-0.2, 0) is 0 Å². The van der Waals surface area contributed by atoms with Gasteiger partial charge >= 0.3 is 0 Å². The molecule has 0 fully saturated rings. The van der Waals surface area contributed by atoms with E-state index in [-0.39, 0.29) is 11.5 Å². The maximum Gasteiger partial charge on any atom is 0.196 e. The van der Waals surface area contributed by atoms with Crippen LogP contribution in [-0.4, -0.2) is 9.97 Å². The molecule has 0 unspecified atom stereocenters. The topological polar surface area (TPSA) is 91.8 Å². The summed E-state index contributed by atoms with van der Waals surface area (Å²) >= 11 is 0. The van der Waals surface area contributed by atoms with Crippen molar-refractivity contribution in [1.29, 1.82) is 5.26 Å². The van der Waals surface area contributed by atoms with Crippen LogP contribution in [0.1, 0.15) is 35.3 Å². The first-order valence-corrected chi connectivity index (χ1v) is 9.59. The van der Waals surface area contributed by atoms with Crippen molar-refractivity contribution in [3.8, 4) is 17.4 Å². The van der Waals surface area contributed by atoms with Gasteiger partial charge in [-0.05, 0) is 56.7 Å². The summed E-state index contributed by atoms with van der Waals surface area (Å²) in [7, 11) is 0. The number of nitrogens with zero attached hydrogens (tertiary/aromatic N) is 3. The van der Waals surface area contributed by atoms with Crippen molar-refractivity contribution in [1.82, 2.24) is 9.97 Å². The van der Waals surface area contributed by atoms with Crippen LogP contribution in [0, 0.1) is 25.2 Å². The molecule has 0 aliphatic rings. The minimum atomic E-state index is -0.226. The number of fused-ring (bicyclic) bond motifs is 1. The van der Waals surface area contributed by atoms with Crippen molar-refractivity contribution in [2.75, 3.05) is 5.32 Å². The van der Waals surface area contributed by atoms with Crippen molar-refractivity contribution in [3.63, 3.8) is 0 Å². The molecule has 0 radical (unpaired) electrons. The highest BCUT2D eigenvalue weighted by molar-refractivity contribution is 5.84. The molecular weight excluding hydrogens is 376 g/mol. The van der Waals surface area contributed by atoms with Gasteiger partial charge in [0.25, 0.3) is 0 Å². The van der Waals surface area contributed by atoms with E-state index in [4.69, 9.17) is 4.42 Å². The molecular formula is C24H20N4O2. The molecule has 1 N–H and O–H groups in total. The van der Waals surface area contributed by atoms with E-state index in [1.807, 2.05) is 38.1 Å². The molecule has 0 spiro atoms. The van der Waals surface area contributed by atoms with Crippen LogP contribution >= 0.6 is 0 Å². The van der Waals surface area contributed by atoms with E-state index < -0.39 is 0 Å². The fourth-order valence-electron chi connectivity index (χ4n) is 3.58. The summed E-state index contributed by atoms with van der Waals surface area (Å²) in [4.78, 5) is 21.4. The first-order valence-electron chi connectivity index (χ1n) is 9.59. The molecule has 30 heavy (non-hydrogen) atoms. The average molecular weight is 396 g/mol. The molecule has 3 aromatic heterocycles. The van der Waals surface area contributed by atoms with Gasteiger partial charge in [-0.25, -0.2) is 4.98 Å². The highest BCUT2D eigenvalue weighted by Crippen LogP contribution is 2.32. The lowest BCUT2D eigenvalue weighted by molar-refractivity contribution is 0.605. The van der Waals surface area contributed by atoms with Gasteiger partial charge in [0.05, 0.1) is 17.1 Å². The first-order chi connectivity index (χ1) is 14.5. The molecule has 0 aliphatic carbocycles. The van der Waals surface area contributed by atoms with Gasteiger partial charge in [0.15, 0.2) is 11.1 Å². The third kappa shape index (κ3) is 3.42. The van der Waals surface area contributed by atoms with Crippen LogP contribution in [0.4, 0.5) is 5.69 Å². The summed E-state index contributed by atoms with van der Waals surface area (Å²) in [6.07, 6.45) is 4.94. The Morgan fingerprint density at radius 2 is 1.97 bits per heavy atom. The lowest BCUT2D eigenvalue weighted by Gasteiger charge is -2.19. The van der Waals surface area contributed by atoms with Gasteiger partial charge in [0.2, 0.25) is 0 Å². The molecule has 1 aromatic carbocycles. The van der Waals surface area contributed by atoms with Crippen molar-refractivity contribution in [2.24, 2.45) is 0 Å². The highest BCUT2D eigenvalue weighted by Gasteiger charge is 2.19. The van der Waals surface area contributed by atoms with Gasteiger partial charge in [-0.2, -0.15) is 5.26 Å². The van der Waals surface area contributed by atoms with E-state index in [0.29, 0.717) is 33.7 Å². The highest BCUT2D eigenvalue weighted by atomic mass is 16.3. The predicted octanol–water partition coefficient (Wildman–Crippen LogP) is 4.91. The summed E-state index contributed by atoms with van der Waals surface area (Å²) in [5.41, 5.74) is 4.49. The fourth-order valence-corrected chi connectivity index (χ4v) is 3.58. The van der Waals surface area contributed by atoms with Gasteiger partial charge in [-0.15, -0.1) is 0 Å². The number of anilines is 1. The van der Waals surface area contributed by atoms with Crippen LogP contribution in [0.3, 0.4) is 0 Å². The minimum absolute atomic E-state index is 0.0636. The van der Waals surface area contributed by atoms with Crippen molar-refractivity contribution >= 4 is 16.7 Å². The standard InChI is InChI=1S/C24H20N4O2/c1-14-10-18(16(3)28-20-7-5-9-27-21(20)12-25)24-19(11-14)22(29)15(2)23(30-24)17-6-4-8-26-13-17/h4-11,13,16,28H,1-3H3/t16-/m1/s1. The number of hydrogen-bond acceptors (Lipinski definition) is 6. The quantitative estimate of drug-likeness (QED) is 0.527. The average Bonchev–Trinajstić information content (AvgIpc) is 2.77. The summed E-state index contributed by atoms with van der Waals surface area (Å²) in [5, 5.41) is 13.2. The number of nitriles is 1. The van der Waals surface area contributed by atoms with Gasteiger partial charge in [-0.3, -0.25) is 9.78 Å². The second kappa shape index (κ2) is 7.80. The van der Waals surface area contributed by atoms with Crippen LogP contribution in [0.25, 0.3) is 22.3 Å². The Labute approximate surface area is 173 Å². The number of aromatic nitrogens is 2. The van der Waals surface area contributed by atoms with E-state index in [1.54, 1.807) is 37.6 Å². The zero-order chi connectivity index (χ0) is 21.3. The smallest absolute Gasteiger partial charge is 0.196 e. The number of nitrogens with one attached hydrogen (secondary N) is 1. The van der Waals surface area contributed by atoms with Crippen molar-refractivity contribution < 1.29 is 4.42 Å². The maximum atomic E-state index is 13.2.